The summed E-state index contributed by atoms with van der Waals surface area (Å²) in [6, 6.07) is 25.6. The lowest BCUT2D eigenvalue weighted by Gasteiger charge is -2.11. The van der Waals surface area contributed by atoms with Gasteiger partial charge in [-0.1, -0.05) is 59.8 Å². The second-order valence-electron chi connectivity index (χ2n) is 6.97. The third-order valence-electron chi connectivity index (χ3n) is 4.77. The van der Waals surface area contributed by atoms with Gasteiger partial charge in [0, 0.05) is 16.8 Å². The number of methoxy groups -OCH3 is 1. The number of para-hydroxylation sites is 1. The van der Waals surface area contributed by atoms with Crippen molar-refractivity contribution in [3.05, 3.63) is 95.6 Å². The highest BCUT2D eigenvalue weighted by Crippen LogP contribution is 2.30. The zero-order chi connectivity index (χ0) is 20.9. The largest absolute Gasteiger partial charge is 0.497 e. The molecular formula is C25H22N2O2S. The van der Waals surface area contributed by atoms with Crippen molar-refractivity contribution in [1.29, 1.82) is 0 Å². The van der Waals surface area contributed by atoms with Crippen LogP contribution < -0.4 is 10.1 Å². The highest BCUT2D eigenvalue weighted by molar-refractivity contribution is 7.99. The van der Waals surface area contributed by atoms with Gasteiger partial charge in [-0.25, -0.2) is 4.98 Å². The van der Waals surface area contributed by atoms with Gasteiger partial charge in [-0.05, 0) is 48.9 Å². The quantitative estimate of drug-likeness (QED) is 0.444. The lowest BCUT2D eigenvalue weighted by Crippen LogP contribution is -2.23. The van der Waals surface area contributed by atoms with Gasteiger partial charge in [0.15, 0.2) is 0 Å². The highest BCUT2D eigenvalue weighted by Gasteiger charge is 2.14. The standard InChI is InChI=1S/C25H22N2O2S/c1-17-10-12-20(13-11-17)30-24-15-22(21-8-3-4-9-23(21)27-24)25(28)26-16-18-6-5-7-19(14-18)29-2/h3-15H,16H2,1-2H3,(H,26,28). The number of amides is 1. The van der Waals surface area contributed by atoms with Crippen LogP contribution in [0.3, 0.4) is 0 Å². The van der Waals surface area contributed by atoms with Gasteiger partial charge in [-0.3, -0.25) is 4.79 Å². The van der Waals surface area contributed by atoms with Crippen LogP contribution in [0.25, 0.3) is 10.9 Å². The van der Waals surface area contributed by atoms with Crippen LogP contribution in [0, 0.1) is 6.92 Å². The van der Waals surface area contributed by atoms with E-state index >= 15 is 0 Å². The Morgan fingerprint density at radius 3 is 2.60 bits per heavy atom. The third kappa shape index (κ3) is 4.63. The van der Waals surface area contributed by atoms with E-state index in [4.69, 9.17) is 9.72 Å². The third-order valence-corrected chi connectivity index (χ3v) is 5.69. The molecule has 0 fully saturated rings. The van der Waals surface area contributed by atoms with Crippen molar-refractivity contribution in [2.24, 2.45) is 0 Å². The summed E-state index contributed by atoms with van der Waals surface area (Å²) in [6.07, 6.45) is 0. The molecule has 30 heavy (non-hydrogen) atoms. The summed E-state index contributed by atoms with van der Waals surface area (Å²) in [5.41, 5.74) is 3.62. The monoisotopic (exact) mass is 414 g/mol. The van der Waals surface area contributed by atoms with Gasteiger partial charge >= 0.3 is 0 Å². The number of hydrogen-bond acceptors (Lipinski definition) is 4. The summed E-state index contributed by atoms with van der Waals surface area (Å²) in [7, 11) is 1.63. The van der Waals surface area contributed by atoms with Gasteiger partial charge in [0.1, 0.15) is 10.8 Å². The van der Waals surface area contributed by atoms with Gasteiger partial charge in [-0.15, -0.1) is 0 Å². The number of rotatable bonds is 6. The molecule has 0 saturated carbocycles. The van der Waals surface area contributed by atoms with E-state index in [1.807, 2.05) is 54.6 Å². The molecule has 4 aromatic rings. The molecule has 0 aliphatic carbocycles. The number of pyridine rings is 1. The number of aryl methyl sites for hydroxylation is 1. The van der Waals surface area contributed by atoms with Crippen LogP contribution in [0.2, 0.25) is 0 Å². The predicted octanol–water partition coefficient (Wildman–Crippen LogP) is 5.63. The fourth-order valence-corrected chi connectivity index (χ4v) is 4.01. The Kier molecular flexibility index (Phi) is 6.00. The lowest BCUT2D eigenvalue weighted by atomic mass is 10.1. The van der Waals surface area contributed by atoms with Crippen LogP contribution in [-0.2, 0) is 6.54 Å². The first kappa shape index (κ1) is 20.0. The van der Waals surface area contributed by atoms with Gasteiger partial charge in [0.25, 0.3) is 5.91 Å². The average Bonchev–Trinajstić information content (AvgIpc) is 2.78. The zero-order valence-corrected chi connectivity index (χ0v) is 17.7. The molecule has 3 aromatic carbocycles. The van der Waals surface area contributed by atoms with Gasteiger partial charge in [0.05, 0.1) is 18.2 Å². The van der Waals surface area contributed by atoms with Crippen LogP contribution in [0.15, 0.2) is 88.8 Å². The van der Waals surface area contributed by atoms with Gasteiger partial charge < -0.3 is 10.1 Å². The first-order valence-electron chi connectivity index (χ1n) is 9.68. The van der Waals surface area contributed by atoms with Gasteiger partial charge in [-0.2, -0.15) is 0 Å². The summed E-state index contributed by atoms with van der Waals surface area (Å²) in [5.74, 6) is 0.648. The van der Waals surface area contributed by atoms with Crippen molar-refractivity contribution >= 4 is 28.6 Å². The van der Waals surface area contributed by atoms with Gasteiger partial charge in [0.2, 0.25) is 0 Å². The molecular weight excluding hydrogens is 392 g/mol. The number of hydrogen-bond donors (Lipinski definition) is 1. The van der Waals surface area contributed by atoms with E-state index in [-0.39, 0.29) is 5.91 Å². The smallest absolute Gasteiger partial charge is 0.252 e. The number of ether oxygens (including phenoxy) is 1. The Morgan fingerprint density at radius 2 is 1.80 bits per heavy atom. The Bertz CT molecular complexity index is 1190. The molecule has 1 amide bonds. The molecule has 1 heterocycles. The molecule has 0 aliphatic rings. The number of carbonyl (C=O) groups excluding carboxylic acids is 1. The Labute approximate surface area is 180 Å². The molecule has 1 N–H and O–H groups in total. The fraction of sp³-hybridized carbons (Fsp3) is 0.120. The minimum Gasteiger partial charge on any atom is -0.497 e. The van der Waals surface area contributed by atoms with E-state index in [9.17, 15) is 4.79 Å². The van der Waals surface area contributed by atoms with E-state index in [2.05, 4.69) is 36.5 Å². The Morgan fingerprint density at radius 1 is 1.00 bits per heavy atom. The van der Waals surface area contributed by atoms with Crippen LogP contribution in [0.4, 0.5) is 0 Å². The van der Waals surface area contributed by atoms with Crippen molar-refractivity contribution in [2.75, 3.05) is 7.11 Å². The molecule has 4 nitrogen and oxygen atoms in total. The number of fused-ring (bicyclic) bond motifs is 1. The molecule has 5 heteroatoms. The fourth-order valence-electron chi connectivity index (χ4n) is 3.18. The first-order valence-corrected chi connectivity index (χ1v) is 10.5. The molecule has 4 rings (SSSR count). The Hall–Kier alpha value is -3.31. The molecule has 0 bridgehead atoms. The van der Waals surface area contributed by atoms with Crippen molar-refractivity contribution < 1.29 is 9.53 Å². The normalized spacial score (nSPS) is 10.7. The highest BCUT2D eigenvalue weighted by atomic mass is 32.2. The van der Waals surface area contributed by atoms with E-state index in [1.165, 1.54) is 5.56 Å². The topological polar surface area (TPSA) is 51.2 Å². The SMILES string of the molecule is COc1cccc(CNC(=O)c2cc(Sc3ccc(C)cc3)nc3ccccc23)c1. The molecule has 150 valence electrons. The van der Waals surface area contributed by atoms with E-state index < -0.39 is 0 Å². The molecule has 0 saturated heterocycles. The second kappa shape index (κ2) is 9.01. The molecule has 1 aromatic heterocycles. The average molecular weight is 415 g/mol. The summed E-state index contributed by atoms with van der Waals surface area (Å²) >= 11 is 1.55. The van der Waals surface area contributed by atoms with Crippen LogP contribution in [0.1, 0.15) is 21.5 Å². The van der Waals surface area contributed by atoms with Crippen LogP contribution in [-0.4, -0.2) is 18.0 Å². The molecule has 0 atom stereocenters. The van der Waals surface area contributed by atoms with Crippen LogP contribution in [0.5, 0.6) is 5.75 Å². The first-order chi connectivity index (χ1) is 14.6. The number of nitrogens with one attached hydrogen (secondary N) is 1. The lowest BCUT2D eigenvalue weighted by molar-refractivity contribution is 0.0952. The number of carbonyl (C=O) groups is 1. The summed E-state index contributed by atoms with van der Waals surface area (Å²) in [6.45, 7) is 2.49. The van der Waals surface area contributed by atoms with E-state index in [0.29, 0.717) is 12.1 Å². The molecule has 0 radical (unpaired) electrons. The predicted molar refractivity (Wildman–Crippen MR) is 121 cm³/mol. The number of aromatic nitrogens is 1. The van der Waals surface area contributed by atoms with E-state index in [0.717, 1.165) is 32.1 Å². The minimum atomic E-state index is -0.123. The zero-order valence-electron chi connectivity index (χ0n) is 16.9. The molecule has 0 unspecified atom stereocenters. The maximum atomic E-state index is 13.1. The molecule has 0 aliphatic heterocycles. The maximum absolute atomic E-state index is 13.1. The number of nitrogens with zero attached hydrogens (tertiary/aromatic N) is 1. The number of benzene rings is 3. The molecule has 0 spiro atoms. The Balaban J connectivity index is 1.61. The van der Waals surface area contributed by atoms with Crippen molar-refractivity contribution in [2.45, 2.75) is 23.4 Å². The summed E-state index contributed by atoms with van der Waals surface area (Å²) in [4.78, 5) is 18.9. The van der Waals surface area contributed by atoms with Crippen LogP contribution >= 0.6 is 11.8 Å². The summed E-state index contributed by atoms with van der Waals surface area (Å²) < 4.78 is 5.26. The van der Waals surface area contributed by atoms with Crippen molar-refractivity contribution in [3.63, 3.8) is 0 Å². The van der Waals surface area contributed by atoms with Crippen molar-refractivity contribution in [1.82, 2.24) is 10.3 Å². The maximum Gasteiger partial charge on any atom is 0.252 e. The van der Waals surface area contributed by atoms with Crippen molar-refractivity contribution in [3.8, 4) is 5.75 Å². The van der Waals surface area contributed by atoms with E-state index in [1.54, 1.807) is 18.9 Å². The second-order valence-corrected chi connectivity index (χ2v) is 8.07. The minimum absolute atomic E-state index is 0.123. The summed E-state index contributed by atoms with van der Waals surface area (Å²) in [5, 5.41) is 4.66.